The van der Waals surface area contributed by atoms with Gasteiger partial charge in [-0.05, 0) is 48.9 Å². The minimum absolute atomic E-state index is 0.00625. The van der Waals surface area contributed by atoms with Gasteiger partial charge in [-0.1, -0.05) is 6.07 Å². The molecule has 0 fully saturated rings. The highest BCUT2D eigenvalue weighted by Gasteiger charge is 2.32. The van der Waals surface area contributed by atoms with Gasteiger partial charge in [-0.15, -0.1) is 0 Å². The van der Waals surface area contributed by atoms with Gasteiger partial charge in [0.2, 0.25) is 0 Å². The summed E-state index contributed by atoms with van der Waals surface area (Å²) in [5, 5.41) is 0. The van der Waals surface area contributed by atoms with E-state index in [-0.39, 0.29) is 17.1 Å². The summed E-state index contributed by atoms with van der Waals surface area (Å²) in [5.41, 5.74) is -0.897. The molecule has 0 radical (unpaired) electrons. The molecule has 0 N–H and O–H groups in total. The van der Waals surface area contributed by atoms with Gasteiger partial charge >= 0.3 is 12.3 Å². The number of hydrogen-bond donors (Lipinski definition) is 0. The smallest absolute Gasteiger partial charge is 0.395 e. The number of carbonyl (C=O) groups is 1. The molecule has 0 bridgehead atoms. The van der Waals surface area contributed by atoms with E-state index in [0.717, 1.165) is 12.1 Å². The summed E-state index contributed by atoms with van der Waals surface area (Å²) >= 11 is 0. The van der Waals surface area contributed by atoms with Gasteiger partial charge in [0.05, 0.1) is 5.56 Å². The lowest BCUT2D eigenvalue weighted by atomic mass is 10.1. The summed E-state index contributed by atoms with van der Waals surface area (Å²) in [7, 11) is 0. The Kier molecular flexibility index (Phi) is 4.35. The molecule has 0 spiro atoms. The number of aryl methyl sites for hydroxylation is 1. The molecule has 0 saturated carbocycles. The van der Waals surface area contributed by atoms with Crippen LogP contribution in [0.4, 0.5) is 22.4 Å². The summed E-state index contributed by atoms with van der Waals surface area (Å²) in [6.07, 6.45) is -5.77. The van der Waals surface area contributed by atoms with E-state index < -0.39 is 23.7 Å². The van der Waals surface area contributed by atoms with Crippen LogP contribution in [0, 0.1) is 12.7 Å². The van der Waals surface area contributed by atoms with Gasteiger partial charge in [-0.3, -0.25) is 0 Å². The molecule has 0 amide bonds. The molecule has 0 heterocycles. The molecule has 2 aromatic rings. The van der Waals surface area contributed by atoms with Crippen LogP contribution < -0.4 is 9.47 Å². The fraction of sp³-hybridized carbons (Fsp3) is 0.133. The molecular formula is C15H10F4O3. The SMILES string of the molecule is Cc1ccc(OC(=O)Oc2ccc(F)cc2)cc1C(F)(F)F. The molecule has 0 unspecified atom stereocenters. The Morgan fingerprint density at radius 3 is 2.09 bits per heavy atom. The first kappa shape index (κ1) is 15.8. The first-order chi connectivity index (χ1) is 10.3. The first-order valence-corrected chi connectivity index (χ1v) is 6.09. The van der Waals surface area contributed by atoms with Gasteiger partial charge in [0.25, 0.3) is 0 Å². The molecule has 0 atom stereocenters. The second kappa shape index (κ2) is 6.05. The van der Waals surface area contributed by atoms with Crippen LogP contribution in [-0.4, -0.2) is 6.16 Å². The molecule has 2 aromatic carbocycles. The van der Waals surface area contributed by atoms with Gasteiger partial charge in [0.1, 0.15) is 17.3 Å². The van der Waals surface area contributed by atoms with E-state index in [1.54, 1.807) is 0 Å². The number of alkyl halides is 3. The molecule has 0 aromatic heterocycles. The summed E-state index contributed by atoms with van der Waals surface area (Å²) in [6.45, 7) is 1.30. The molecule has 2 rings (SSSR count). The quantitative estimate of drug-likeness (QED) is 0.457. The van der Waals surface area contributed by atoms with Crippen LogP contribution in [-0.2, 0) is 6.18 Å². The Labute approximate surface area is 123 Å². The van der Waals surface area contributed by atoms with Crippen molar-refractivity contribution in [3.63, 3.8) is 0 Å². The number of hydrogen-bond acceptors (Lipinski definition) is 3. The van der Waals surface area contributed by atoms with Crippen molar-refractivity contribution in [1.29, 1.82) is 0 Å². The lowest BCUT2D eigenvalue weighted by molar-refractivity contribution is -0.138. The van der Waals surface area contributed by atoms with E-state index in [4.69, 9.17) is 4.74 Å². The second-order valence-corrected chi connectivity index (χ2v) is 4.38. The second-order valence-electron chi connectivity index (χ2n) is 4.38. The van der Waals surface area contributed by atoms with Crippen molar-refractivity contribution in [2.75, 3.05) is 0 Å². The van der Waals surface area contributed by atoms with Crippen molar-refractivity contribution >= 4 is 6.16 Å². The molecule has 0 aliphatic heterocycles. The number of carbonyl (C=O) groups excluding carboxylic acids is 1. The predicted octanol–water partition coefficient (Wildman–Crippen LogP) is 4.73. The standard InChI is InChI=1S/C15H10F4O3/c1-9-2-5-12(8-13(9)15(17,18)19)22-14(20)21-11-6-3-10(16)4-7-11/h2-8H,1H3. The molecule has 0 aliphatic carbocycles. The van der Waals surface area contributed by atoms with E-state index in [1.807, 2.05) is 0 Å². The van der Waals surface area contributed by atoms with Crippen LogP contribution in [0.15, 0.2) is 42.5 Å². The van der Waals surface area contributed by atoms with Crippen molar-refractivity contribution in [3.05, 3.63) is 59.4 Å². The monoisotopic (exact) mass is 314 g/mol. The fourth-order valence-corrected chi connectivity index (χ4v) is 1.69. The molecule has 3 nitrogen and oxygen atoms in total. The maximum atomic E-state index is 12.7. The van der Waals surface area contributed by atoms with E-state index in [0.29, 0.717) is 6.07 Å². The lowest BCUT2D eigenvalue weighted by Crippen LogP contribution is -2.15. The third-order valence-electron chi connectivity index (χ3n) is 2.73. The average molecular weight is 314 g/mol. The van der Waals surface area contributed by atoms with Crippen LogP contribution >= 0.6 is 0 Å². The molecule has 7 heteroatoms. The van der Waals surface area contributed by atoms with Gasteiger partial charge in [-0.2, -0.15) is 13.2 Å². The zero-order valence-electron chi connectivity index (χ0n) is 11.3. The highest BCUT2D eigenvalue weighted by atomic mass is 19.4. The normalized spacial score (nSPS) is 11.1. The Morgan fingerprint density at radius 1 is 0.955 bits per heavy atom. The van der Waals surface area contributed by atoms with Gasteiger partial charge < -0.3 is 9.47 Å². The van der Waals surface area contributed by atoms with Crippen LogP contribution in [0.3, 0.4) is 0 Å². The minimum atomic E-state index is -4.55. The van der Waals surface area contributed by atoms with Crippen molar-refractivity contribution < 1.29 is 31.8 Å². The Bertz CT molecular complexity index is 678. The molecule has 0 saturated heterocycles. The molecular weight excluding hydrogens is 304 g/mol. The largest absolute Gasteiger partial charge is 0.519 e. The van der Waals surface area contributed by atoms with Gasteiger partial charge in [0, 0.05) is 0 Å². The van der Waals surface area contributed by atoms with E-state index in [1.165, 1.54) is 31.2 Å². The Balaban J connectivity index is 2.10. The average Bonchev–Trinajstić information content (AvgIpc) is 2.42. The zero-order chi connectivity index (χ0) is 16.3. The van der Waals surface area contributed by atoms with Crippen LogP contribution in [0.1, 0.15) is 11.1 Å². The van der Waals surface area contributed by atoms with Crippen LogP contribution in [0.2, 0.25) is 0 Å². The Hall–Kier alpha value is -2.57. The number of benzene rings is 2. The van der Waals surface area contributed by atoms with Crippen LogP contribution in [0.5, 0.6) is 11.5 Å². The van der Waals surface area contributed by atoms with Crippen molar-refractivity contribution in [2.24, 2.45) is 0 Å². The summed E-state index contributed by atoms with van der Waals surface area (Å²) in [4.78, 5) is 11.5. The number of rotatable bonds is 2. The topological polar surface area (TPSA) is 35.5 Å². The predicted molar refractivity (Wildman–Crippen MR) is 69.2 cm³/mol. The van der Waals surface area contributed by atoms with Gasteiger partial charge in [0.15, 0.2) is 0 Å². The molecule has 116 valence electrons. The minimum Gasteiger partial charge on any atom is -0.395 e. The van der Waals surface area contributed by atoms with Crippen molar-refractivity contribution in [3.8, 4) is 11.5 Å². The third-order valence-corrected chi connectivity index (χ3v) is 2.73. The highest BCUT2D eigenvalue weighted by Crippen LogP contribution is 2.34. The van der Waals surface area contributed by atoms with Gasteiger partial charge in [-0.25, -0.2) is 9.18 Å². The van der Waals surface area contributed by atoms with E-state index >= 15 is 0 Å². The first-order valence-electron chi connectivity index (χ1n) is 6.09. The van der Waals surface area contributed by atoms with Crippen molar-refractivity contribution in [1.82, 2.24) is 0 Å². The molecule has 22 heavy (non-hydrogen) atoms. The molecule has 0 aliphatic rings. The summed E-state index contributed by atoms with van der Waals surface area (Å²) in [6, 6.07) is 7.62. The van der Waals surface area contributed by atoms with E-state index in [9.17, 15) is 22.4 Å². The Morgan fingerprint density at radius 2 is 1.50 bits per heavy atom. The maximum absolute atomic E-state index is 12.7. The lowest BCUT2D eigenvalue weighted by Gasteiger charge is -2.12. The van der Waals surface area contributed by atoms with Crippen molar-refractivity contribution in [2.45, 2.75) is 13.1 Å². The fourth-order valence-electron chi connectivity index (χ4n) is 1.69. The number of ether oxygens (including phenoxy) is 2. The van der Waals surface area contributed by atoms with E-state index in [2.05, 4.69) is 4.74 Å². The summed E-state index contributed by atoms with van der Waals surface area (Å²) < 4.78 is 60.3. The third kappa shape index (κ3) is 3.97. The summed E-state index contributed by atoms with van der Waals surface area (Å²) in [5.74, 6) is -0.811. The maximum Gasteiger partial charge on any atom is 0.519 e. The van der Waals surface area contributed by atoms with Crippen LogP contribution in [0.25, 0.3) is 0 Å². The number of halogens is 4. The highest BCUT2D eigenvalue weighted by molar-refractivity contribution is 5.67. The zero-order valence-corrected chi connectivity index (χ0v) is 11.3.